The lowest BCUT2D eigenvalue weighted by atomic mass is 10.3. The Labute approximate surface area is 175 Å². The molecule has 0 saturated carbocycles. The molecule has 0 aliphatic carbocycles. The van der Waals surface area contributed by atoms with Crippen LogP contribution in [0.25, 0.3) is 22.1 Å². The van der Waals surface area contributed by atoms with Crippen molar-refractivity contribution in [3.8, 4) is 0 Å². The molecular formula is C20H19ClFN5O3. The van der Waals surface area contributed by atoms with Gasteiger partial charge in [-0.15, -0.1) is 0 Å². The number of aliphatic carboxylic acids is 1. The summed E-state index contributed by atoms with van der Waals surface area (Å²) in [6.45, 7) is -0.190. The minimum Gasteiger partial charge on any atom is -0.480 e. The number of alkyl halides is 1. The monoisotopic (exact) mass is 431 g/mol. The van der Waals surface area contributed by atoms with Gasteiger partial charge in [-0.2, -0.15) is 0 Å². The Morgan fingerprint density at radius 3 is 2.70 bits per heavy atom. The van der Waals surface area contributed by atoms with E-state index >= 15 is 0 Å². The number of carboxylic acids is 1. The fourth-order valence-electron chi connectivity index (χ4n) is 3.64. The third-order valence-electron chi connectivity index (χ3n) is 4.97. The van der Waals surface area contributed by atoms with Gasteiger partial charge in [0, 0.05) is 17.8 Å². The van der Waals surface area contributed by atoms with Gasteiger partial charge in [-0.1, -0.05) is 11.6 Å². The van der Waals surface area contributed by atoms with Gasteiger partial charge in [-0.25, -0.2) is 9.78 Å². The molecule has 4 aromatic rings. The molecule has 0 fully saturated rings. The Kier molecular flexibility index (Phi) is 5.54. The van der Waals surface area contributed by atoms with Crippen molar-refractivity contribution in [3.05, 3.63) is 58.0 Å². The van der Waals surface area contributed by atoms with Crippen LogP contribution in [0.5, 0.6) is 0 Å². The van der Waals surface area contributed by atoms with Crippen LogP contribution in [0.4, 0.5) is 4.39 Å². The predicted molar refractivity (Wildman–Crippen MR) is 111 cm³/mol. The van der Waals surface area contributed by atoms with Gasteiger partial charge in [0.15, 0.2) is 0 Å². The first-order chi connectivity index (χ1) is 14.5. The molecule has 0 aliphatic heterocycles. The van der Waals surface area contributed by atoms with Crippen molar-refractivity contribution >= 4 is 39.6 Å². The SMILES string of the molecule is O=C(O)Cn1c(=O)n(Cc2nc3cc(Cl)ccc3n2CCCCF)c2cnccc21. The average Bonchev–Trinajstić information content (AvgIpc) is 3.18. The van der Waals surface area contributed by atoms with Crippen LogP contribution >= 0.6 is 11.6 Å². The number of carbonyl (C=O) groups is 1. The Bertz CT molecular complexity index is 1290. The van der Waals surface area contributed by atoms with Crippen LogP contribution < -0.4 is 5.69 Å². The summed E-state index contributed by atoms with van der Waals surface area (Å²) in [5, 5.41) is 9.73. The fraction of sp³-hybridized carbons (Fsp3) is 0.300. The van der Waals surface area contributed by atoms with Gasteiger partial charge < -0.3 is 9.67 Å². The number of unbranched alkanes of at least 4 members (excludes halogenated alkanes) is 1. The van der Waals surface area contributed by atoms with E-state index < -0.39 is 24.9 Å². The number of nitrogens with zero attached hydrogens (tertiary/aromatic N) is 5. The third-order valence-corrected chi connectivity index (χ3v) is 5.20. The van der Waals surface area contributed by atoms with Gasteiger partial charge >= 0.3 is 11.7 Å². The van der Waals surface area contributed by atoms with Crippen LogP contribution in [-0.2, 0) is 24.4 Å². The number of aromatic nitrogens is 5. The summed E-state index contributed by atoms with van der Waals surface area (Å²) in [4.78, 5) is 33.0. The maximum Gasteiger partial charge on any atom is 0.330 e. The summed E-state index contributed by atoms with van der Waals surface area (Å²) in [6, 6.07) is 6.96. The highest BCUT2D eigenvalue weighted by molar-refractivity contribution is 6.31. The molecule has 0 unspecified atom stereocenters. The first-order valence-electron chi connectivity index (χ1n) is 9.45. The smallest absolute Gasteiger partial charge is 0.330 e. The lowest BCUT2D eigenvalue weighted by molar-refractivity contribution is -0.137. The molecule has 0 saturated heterocycles. The van der Waals surface area contributed by atoms with E-state index in [-0.39, 0.29) is 6.54 Å². The van der Waals surface area contributed by atoms with E-state index in [0.717, 1.165) is 5.52 Å². The van der Waals surface area contributed by atoms with E-state index in [2.05, 4.69) is 9.97 Å². The second kappa shape index (κ2) is 8.27. The summed E-state index contributed by atoms with van der Waals surface area (Å²) in [5.41, 5.74) is 2.07. The van der Waals surface area contributed by atoms with E-state index in [4.69, 9.17) is 11.6 Å². The molecule has 0 bridgehead atoms. The van der Waals surface area contributed by atoms with E-state index in [1.807, 2.05) is 10.6 Å². The zero-order valence-corrected chi connectivity index (χ0v) is 16.7. The van der Waals surface area contributed by atoms with Crippen molar-refractivity contribution in [1.82, 2.24) is 23.7 Å². The van der Waals surface area contributed by atoms with Crippen molar-refractivity contribution in [2.24, 2.45) is 0 Å². The number of halogens is 2. The second-order valence-corrected chi connectivity index (χ2v) is 7.36. The normalized spacial score (nSPS) is 11.5. The summed E-state index contributed by atoms with van der Waals surface area (Å²) >= 11 is 6.10. The third kappa shape index (κ3) is 3.68. The molecular weight excluding hydrogens is 413 g/mol. The first kappa shape index (κ1) is 20.1. The summed E-state index contributed by atoms with van der Waals surface area (Å²) in [6.07, 6.45) is 4.09. The van der Waals surface area contributed by atoms with Crippen molar-refractivity contribution in [2.75, 3.05) is 6.67 Å². The summed E-state index contributed by atoms with van der Waals surface area (Å²) in [7, 11) is 0. The number of benzene rings is 1. The summed E-state index contributed by atoms with van der Waals surface area (Å²) in [5.74, 6) is -0.507. The van der Waals surface area contributed by atoms with Crippen molar-refractivity contribution in [1.29, 1.82) is 0 Å². The molecule has 4 rings (SSSR count). The number of imidazole rings is 2. The zero-order valence-electron chi connectivity index (χ0n) is 16.0. The van der Waals surface area contributed by atoms with Crippen LogP contribution in [0, 0.1) is 0 Å². The molecule has 1 N–H and O–H groups in total. The lowest BCUT2D eigenvalue weighted by Gasteiger charge is -2.09. The first-order valence-corrected chi connectivity index (χ1v) is 9.83. The van der Waals surface area contributed by atoms with E-state index in [0.29, 0.717) is 46.8 Å². The number of pyridine rings is 1. The number of hydrogen-bond acceptors (Lipinski definition) is 4. The molecule has 156 valence electrons. The van der Waals surface area contributed by atoms with Crippen molar-refractivity contribution in [2.45, 2.75) is 32.5 Å². The Hall–Kier alpha value is -3.20. The lowest BCUT2D eigenvalue weighted by Crippen LogP contribution is -2.28. The zero-order chi connectivity index (χ0) is 21.3. The van der Waals surface area contributed by atoms with Crippen LogP contribution in [0.2, 0.25) is 5.02 Å². The highest BCUT2D eigenvalue weighted by atomic mass is 35.5. The molecule has 3 aromatic heterocycles. The van der Waals surface area contributed by atoms with Gasteiger partial charge in [0.25, 0.3) is 0 Å². The molecule has 0 aliphatic rings. The van der Waals surface area contributed by atoms with Crippen LogP contribution in [0.1, 0.15) is 18.7 Å². The Morgan fingerprint density at radius 1 is 1.10 bits per heavy atom. The molecule has 0 spiro atoms. The molecule has 30 heavy (non-hydrogen) atoms. The molecule has 0 amide bonds. The van der Waals surface area contributed by atoms with E-state index in [1.54, 1.807) is 18.2 Å². The minimum atomic E-state index is -1.11. The fourth-order valence-corrected chi connectivity index (χ4v) is 3.80. The number of hydrogen-bond donors (Lipinski definition) is 1. The largest absolute Gasteiger partial charge is 0.480 e. The second-order valence-electron chi connectivity index (χ2n) is 6.92. The molecule has 0 atom stereocenters. The van der Waals surface area contributed by atoms with Crippen LogP contribution in [-0.4, -0.2) is 41.4 Å². The summed E-state index contributed by atoms with van der Waals surface area (Å²) < 4.78 is 17.2. The van der Waals surface area contributed by atoms with Gasteiger partial charge in [0.1, 0.15) is 12.4 Å². The maximum absolute atomic E-state index is 13.0. The van der Waals surface area contributed by atoms with E-state index in [9.17, 15) is 19.1 Å². The minimum absolute atomic E-state index is 0.121. The van der Waals surface area contributed by atoms with Gasteiger partial charge in [0.2, 0.25) is 0 Å². The number of carboxylic acid groups (broad SMARTS) is 1. The molecule has 10 heteroatoms. The van der Waals surface area contributed by atoms with Gasteiger partial charge in [-0.3, -0.25) is 23.3 Å². The van der Waals surface area contributed by atoms with Crippen molar-refractivity contribution in [3.63, 3.8) is 0 Å². The highest BCUT2D eigenvalue weighted by Gasteiger charge is 2.18. The standard InChI is InChI=1S/C20H19ClFN5O3/c21-13-3-4-15-14(9-13)24-18(25(15)8-2-1-6-22)11-26-17-10-23-7-5-16(17)27(20(26)30)12-19(28)29/h3-5,7,9-10H,1-2,6,8,11-12H2,(H,28,29). The van der Waals surface area contributed by atoms with Crippen molar-refractivity contribution < 1.29 is 14.3 Å². The van der Waals surface area contributed by atoms with Crippen LogP contribution in [0.15, 0.2) is 41.5 Å². The molecule has 8 nitrogen and oxygen atoms in total. The molecule has 3 heterocycles. The number of aryl methyl sites for hydroxylation is 1. The topological polar surface area (TPSA) is 94.9 Å². The van der Waals surface area contributed by atoms with Gasteiger partial charge in [0.05, 0.1) is 41.5 Å². The van der Waals surface area contributed by atoms with Crippen LogP contribution in [0.3, 0.4) is 0 Å². The predicted octanol–water partition coefficient (Wildman–Crippen LogP) is 3.08. The molecule has 1 aromatic carbocycles. The average molecular weight is 432 g/mol. The quantitative estimate of drug-likeness (QED) is 0.432. The maximum atomic E-state index is 13.0. The highest BCUT2D eigenvalue weighted by Crippen LogP contribution is 2.22. The number of fused-ring (bicyclic) bond motifs is 2. The molecule has 0 radical (unpaired) electrons. The Balaban J connectivity index is 1.83. The van der Waals surface area contributed by atoms with E-state index in [1.165, 1.54) is 21.5 Å². The number of rotatable bonds is 8. The Morgan fingerprint density at radius 2 is 1.93 bits per heavy atom. The van der Waals surface area contributed by atoms with Gasteiger partial charge in [-0.05, 0) is 37.1 Å².